The topological polar surface area (TPSA) is 84.9 Å². The number of nitrogens with one attached hydrogen (secondary N) is 1. The number of rotatable bonds is 7. The third-order valence-corrected chi connectivity index (χ3v) is 6.99. The quantitative estimate of drug-likeness (QED) is 0.746. The molecule has 2 aromatic carbocycles. The van der Waals surface area contributed by atoms with E-state index in [1.54, 1.807) is 55.6 Å². The van der Waals surface area contributed by atoms with E-state index in [2.05, 4.69) is 5.32 Å². The molecule has 29 heavy (non-hydrogen) atoms. The van der Waals surface area contributed by atoms with Crippen LogP contribution in [0.15, 0.2) is 53.4 Å². The smallest absolute Gasteiger partial charge is 0.243 e. The predicted molar refractivity (Wildman–Crippen MR) is 111 cm³/mol. The number of anilines is 1. The Bertz CT molecular complexity index is 947. The van der Waals surface area contributed by atoms with Crippen LogP contribution in [0.25, 0.3) is 0 Å². The zero-order valence-corrected chi connectivity index (χ0v) is 17.4. The highest BCUT2D eigenvalue weighted by Crippen LogP contribution is 2.31. The predicted octanol–water partition coefficient (Wildman–Crippen LogP) is 3.28. The van der Waals surface area contributed by atoms with Crippen molar-refractivity contribution in [1.29, 1.82) is 0 Å². The number of methoxy groups -OCH3 is 2. The fourth-order valence-corrected chi connectivity index (χ4v) is 5.25. The Balaban J connectivity index is 1.75. The van der Waals surface area contributed by atoms with Crippen LogP contribution in [0.4, 0.5) is 5.69 Å². The Labute approximate surface area is 171 Å². The van der Waals surface area contributed by atoms with E-state index in [0.29, 0.717) is 30.2 Å². The van der Waals surface area contributed by atoms with E-state index < -0.39 is 10.0 Å². The molecular weight excluding hydrogens is 392 g/mol. The highest BCUT2D eigenvalue weighted by Gasteiger charge is 2.34. The van der Waals surface area contributed by atoms with Crippen LogP contribution in [0, 0.1) is 0 Å². The summed E-state index contributed by atoms with van der Waals surface area (Å²) in [5.41, 5.74) is 0.520. The van der Waals surface area contributed by atoms with Gasteiger partial charge >= 0.3 is 0 Å². The minimum Gasteiger partial charge on any atom is -0.497 e. The Kier molecular flexibility index (Phi) is 6.76. The molecule has 1 amide bonds. The molecule has 0 unspecified atom stereocenters. The molecule has 1 atom stereocenters. The minimum atomic E-state index is -3.64. The van der Waals surface area contributed by atoms with Crippen molar-refractivity contribution in [3.8, 4) is 11.5 Å². The van der Waals surface area contributed by atoms with Gasteiger partial charge in [-0.25, -0.2) is 8.42 Å². The van der Waals surface area contributed by atoms with Crippen LogP contribution < -0.4 is 14.8 Å². The van der Waals surface area contributed by atoms with Crippen LogP contribution in [-0.2, 0) is 14.8 Å². The highest BCUT2D eigenvalue weighted by molar-refractivity contribution is 7.89. The Morgan fingerprint density at radius 3 is 2.55 bits per heavy atom. The fourth-order valence-electron chi connectivity index (χ4n) is 3.54. The van der Waals surface area contributed by atoms with Crippen LogP contribution in [-0.4, -0.2) is 45.4 Å². The largest absolute Gasteiger partial charge is 0.497 e. The maximum Gasteiger partial charge on any atom is 0.243 e. The summed E-state index contributed by atoms with van der Waals surface area (Å²) in [4.78, 5) is 12.9. The van der Waals surface area contributed by atoms with Crippen molar-refractivity contribution in [2.24, 2.45) is 0 Å². The van der Waals surface area contributed by atoms with Crippen LogP contribution in [0.5, 0.6) is 11.5 Å². The van der Waals surface area contributed by atoms with Crippen molar-refractivity contribution < 1.29 is 22.7 Å². The van der Waals surface area contributed by atoms with E-state index in [-0.39, 0.29) is 23.3 Å². The average molecular weight is 419 g/mol. The molecule has 1 N–H and O–H groups in total. The lowest BCUT2D eigenvalue weighted by Crippen LogP contribution is -2.45. The van der Waals surface area contributed by atoms with Crippen molar-refractivity contribution >= 4 is 21.6 Å². The second kappa shape index (κ2) is 9.28. The number of piperidine rings is 1. The summed E-state index contributed by atoms with van der Waals surface area (Å²) in [6.45, 7) is 0.418. The van der Waals surface area contributed by atoms with Crippen LogP contribution in [0.2, 0.25) is 0 Å². The lowest BCUT2D eigenvalue weighted by molar-refractivity contribution is -0.117. The van der Waals surface area contributed by atoms with Crippen molar-refractivity contribution in [3.05, 3.63) is 48.5 Å². The maximum absolute atomic E-state index is 13.1. The Hall–Kier alpha value is -2.58. The Morgan fingerprint density at radius 2 is 1.86 bits per heavy atom. The molecule has 0 aliphatic carbocycles. The molecule has 156 valence electrons. The molecule has 1 fully saturated rings. The number of carbonyl (C=O) groups excluding carboxylic acids is 1. The summed E-state index contributed by atoms with van der Waals surface area (Å²) in [5, 5.41) is 2.83. The van der Waals surface area contributed by atoms with Crippen LogP contribution in [0.3, 0.4) is 0 Å². The number of amides is 1. The summed E-state index contributed by atoms with van der Waals surface area (Å²) in [6, 6.07) is 13.1. The number of ether oxygens (including phenoxy) is 2. The number of nitrogens with zero attached hydrogens (tertiary/aromatic N) is 1. The van der Waals surface area contributed by atoms with Gasteiger partial charge in [0.25, 0.3) is 0 Å². The summed E-state index contributed by atoms with van der Waals surface area (Å²) < 4.78 is 38.1. The van der Waals surface area contributed by atoms with Gasteiger partial charge in [0.05, 0.1) is 24.8 Å². The zero-order chi connectivity index (χ0) is 20.9. The molecule has 1 aliphatic rings. The third-order valence-electron chi connectivity index (χ3n) is 5.03. The molecule has 8 heteroatoms. The van der Waals surface area contributed by atoms with Gasteiger partial charge in [0.1, 0.15) is 11.5 Å². The second-order valence-corrected chi connectivity index (χ2v) is 8.79. The number of benzene rings is 2. The first-order valence-electron chi connectivity index (χ1n) is 9.54. The summed E-state index contributed by atoms with van der Waals surface area (Å²) in [6.07, 6.45) is 2.42. The normalized spacial score (nSPS) is 17.5. The van der Waals surface area contributed by atoms with Gasteiger partial charge in [-0.3, -0.25) is 4.79 Å². The van der Waals surface area contributed by atoms with Gasteiger partial charge in [-0.1, -0.05) is 24.6 Å². The van der Waals surface area contributed by atoms with Crippen molar-refractivity contribution in [2.75, 3.05) is 26.1 Å². The third kappa shape index (κ3) is 4.89. The highest BCUT2D eigenvalue weighted by atomic mass is 32.2. The van der Waals surface area contributed by atoms with Crippen molar-refractivity contribution in [2.45, 2.75) is 36.6 Å². The lowest BCUT2D eigenvalue weighted by Gasteiger charge is -2.34. The second-order valence-electron chi connectivity index (χ2n) is 6.90. The van der Waals surface area contributed by atoms with E-state index in [0.717, 1.165) is 12.8 Å². The van der Waals surface area contributed by atoms with Crippen molar-refractivity contribution in [3.63, 3.8) is 0 Å². The average Bonchev–Trinajstić information content (AvgIpc) is 2.75. The molecule has 0 saturated carbocycles. The molecule has 1 aliphatic heterocycles. The number of sulfonamides is 1. The molecule has 7 nitrogen and oxygen atoms in total. The van der Waals surface area contributed by atoms with E-state index in [1.807, 2.05) is 0 Å². The molecule has 0 aromatic heterocycles. The van der Waals surface area contributed by atoms with Gasteiger partial charge in [0.15, 0.2) is 0 Å². The minimum absolute atomic E-state index is 0.0846. The Morgan fingerprint density at radius 1 is 1.10 bits per heavy atom. The summed E-state index contributed by atoms with van der Waals surface area (Å²) >= 11 is 0. The van der Waals surface area contributed by atoms with Gasteiger partial charge in [-0.15, -0.1) is 0 Å². The first-order valence-corrected chi connectivity index (χ1v) is 11.0. The first-order chi connectivity index (χ1) is 14.0. The van der Waals surface area contributed by atoms with Gasteiger partial charge in [0.2, 0.25) is 15.9 Å². The van der Waals surface area contributed by atoms with E-state index >= 15 is 0 Å². The van der Waals surface area contributed by atoms with Crippen molar-refractivity contribution in [1.82, 2.24) is 4.31 Å². The van der Waals surface area contributed by atoms with Gasteiger partial charge in [0, 0.05) is 25.1 Å². The standard InChI is InChI=1S/C21H26N2O5S/c1-27-17-11-12-19(20(15-17)28-2)22-21(24)14-16-8-6-7-13-23(16)29(25,26)18-9-4-3-5-10-18/h3-5,9-12,15-16H,6-8,13-14H2,1-2H3,(H,22,24)/t16-/m1/s1. The first kappa shape index (κ1) is 21.1. The molecule has 0 bridgehead atoms. The molecule has 0 spiro atoms. The molecular formula is C21H26N2O5S. The molecule has 2 aromatic rings. The van der Waals surface area contributed by atoms with E-state index in [1.165, 1.54) is 11.4 Å². The molecule has 1 saturated heterocycles. The monoisotopic (exact) mass is 418 g/mol. The molecule has 0 radical (unpaired) electrons. The summed E-state index contributed by atoms with van der Waals surface area (Å²) in [7, 11) is -0.572. The molecule has 1 heterocycles. The maximum atomic E-state index is 13.1. The lowest BCUT2D eigenvalue weighted by atomic mass is 10.0. The van der Waals surface area contributed by atoms with Crippen LogP contribution in [0.1, 0.15) is 25.7 Å². The zero-order valence-electron chi connectivity index (χ0n) is 16.6. The number of carbonyl (C=O) groups is 1. The van der Waals surface area contributed by atoms with Gasteiger partial charge in [-0.2, -0.15) is 4.31 Å². The number of hydrogen-bond donors (Lipinski definition) is 1. The number of hydrogen-bond acceptors (Lipinski definition) is 5. The van der Waals surface area contributed by atoms with E-state index in [9.17, 15) is 13.2 Å². The van der Waals surface area contributed by atoms with E-state index in [4.69, 9.17) is 9.47 Å². The van der Waals surface area contributed by atoms with Crippen LogP contribution >= 0.6 is 0 Å². The van der Waals surface area contributed by atoms with Gasteiger partial charge in [-0.05, 0) is 37.1 Å². The van der Waals surface area contributed by atoms with Gasteiger partial charge < -0.3 is 14.8 Å². The SMILES string of the molecule is COc1ccc(NC(=O)C[C@H]2CCCCN2S(=O)(=O)c2ccccc2)c(OC)c1. The molecule has 3 rings (SSSR count). The summed E-state index contributed by atoms with van der Waals surface area (Å²) in [5.74, 6) is 0.844. The fraction of sp³-hybridized carbons (Fsp3) is 0.381.